The number of carbonyl (C=O) groups is 2. The van der Waals surface area contributed by atoms with Gasteiger partial charge < -0.3 is 25.7 Å². The van der Waals surface area contributed by atoms with E-state index in [1.54, 1.807) is 12.1 Å². The molecule has 7 heteroatoms. The van der Waals surface area contributed by atoms with E-state index in [1.165, 1.54) is 0 Å². The number of aliphatic hydroxyl groups is 2. The molecule has 4 rings (SSSR count). The lowest BCUT2D eigenvalue weighted by Gasteiger charge is -2.26. The number of benzene rings is 3. The summed E-state index contributed by atoms with van der Waals surface area (Å²) in [6.07, 6.45) is 1.71. The number of likely N-dealkylation sites (tertiary alicyclic amines) is 1. The second kappa shape index (κ2) is 11.8. The summed E-state index contributed by atoms with van der Waals surface area (Å²) < 4.78 is 0. The molecule has 188 valence electrons. The van der Waals surface area contributed by atoms with Gasteiger partial charge >= 0.3 is 6.03 Å². The summed E-state index contributed by atoms with van der Waals surface area (Å²) in [5.41, 5.74) is 5.41. The number of para-hydroxylation sites is 1. The largest absolute Gasteiger partial charge is 0.368 e. The Morgan fingerprint density at radius 3 is 2.50 bits per heavy atom. The first kappa shape index (κ1) is 25.4. The van der Waals surface area contributed by atoms with Gasteiger partial charge in [0, 0.05) is 24.3 Å². The van der Waals surface area contributed by atoms with Gasteiger partial charge in [-0.15, -0.1) is 0 Å². The number of carbonyl (C=O) groups excluding carboxylic acids is 2. The monoisotopic (exact) mass is 487 g/mol. The standard InChI is InChI=1S/C29H33N3O4/c1-20-6-2-3-9-25(20)31-29(36)30-24-14-11-22(12-15-24)19-27(33)32-17-5-10-26(32)23-8-4-7-21(18-23)13-16-28(34)35/h2-4,6-9,11-12,14-15,18,26,28,34-35H,5,10,13,16-17,19H2,1H3,(H2,30,31,36). The van der Waals surface area contributed by atoms with E-state index in [1.807, 2.05) is 66.4 Å². The van der Waals surface area contributed by atoms with Gasteiger partial charge in [-0.05, 0) is 66.6 Å². The summed E-state index contributed by atoms with van der Waals surface area (Å²) in [4.78, 5) is 27.5. The maximum absolute atomic E-state index is 13.2. The molecule has 0 aliphatic carbocycles. The Bertz CT molecular complexity index is 1190. The summed E-state index contributed by atoms with van der Waals surface area (Å²) >= 11 is 0. The van der Waals surface area contributed by atoms with Crippen LogP contribution in [-0.4, -0.2) is 39.9 Å². The van der Waals surface area contributed by atoms with Gasteiger partial charge in [0.05, 0.1) is 12.5 Å². The molecule has 1 saturated heterocycles. The van der Waals surface area contributed by atoms with Crippen LogP contribution in [0.25, 0.3) is 0 Å². The van der Waals surface area contributed by atoms with Gasteiger partial charge in [-0.3, -0.25) is 4.79 Å². The van der Waals surface area contributed by atoms with Gasteiger partial charge in [0.15, 0.2) is 6.29 Å². The molecule has 36 heavy (non-hydrogen) atoms. The Kier molecular flexibility index (Phi) is 8.36. The molecule has 1 atom stereocenters. The second-order valence-electron chi connectivity index (χ2n) is 9.28. The van der Waals surface area contributed by atoms with Gasteiger partial charge in [0.1, 0.15) is 0 Å². The van der Waals surface area contributed by atoms with Crippen LogP contribution in [0.2, 0.25) is 0 Å². The molecule has 3 aromatic carbocycles. The highest BCUT2D eigenvalue weighted by Crippen LogP contribution is 2.33. The SMILES string of the molecule is Cc1ccccc1NC(=O)Nc1ccc(CC(=O)N2CCCC2c2cccc(CCC(O)O)c2)cc1. The van der Waals surface area contributed by atoms with E-state index in [-0.39, 0.29) is 24.4 Å². The Hall–Kier alpha value is -3.68. The van der Waals surface area contributed by atoms with E-state index in [0.717, 1.165) is 47.3 Å². The predicted molar refractivity (Wildman–Crippen MR) is 141 cm³/mol. The highest BCUT2D eigenvalue weighted by atomic mass is 16.5. The molecular weight excluding hydrogens is 454 g/mol. The van der Waals surface area contributed by atoms with E-state index < -0.39 is 6.29 Å². The average molecular weight is 488 g/mol. The number of amides is 3. The minimum atomic E-state index is -1.32. The van der Waals surface area contributed by atoms with Gasteiger partial charge in [-0.25, -0.2) is 4.79 Å². The van der Waals surface area contributed by atoms with Crippen molar-refractivity contribution in [3.8, 4) is 0 Å². The third-order valence-corrected chi connectivity index (χ3v) is 6.56. The number of rotatable bonds is 8. The minimum Gasteiger partial charge on any atom is -0.368 e. The minimum absolute atomic E-state index is 0.0302. The molecule has 0 spiro atoms. The summed E-state index contributed by atoms with van der Waals surface area (Å²) in [7, 11) is 0. The quantitative estimate of drug-likeness (QED) is 0.343. The first-order valence-electron chi connectivity index (χ1n) is 12.4. The fraction of sp³-hybridized carbons (Fsp3) is 0.310. The van der Waals surface area contributed by atoms with Crippen LogP contribution < -0.4 is 10.6 Å². The van der Waals surface area contributed by atoms with Crippen LogP contribution in [0.1, 0.15) is 47.6 Å². The summed E-state index contributed by atoms with van der Waals surface area (Å²) in [6, 6.07) is 22.7. The number of aryl methyl sites for hydroxylation is 2. The van der Waals surface area contributed by atoms with Crippen molar-refractivity contribution >= 4 is 23.3 Å². The molecule has 3 aromatic rings. The van der Waals surface area contributed by atoms with Crippen molar-refractivity contribution in [1.29, 1.82) is 0 Å². The molecule has 1 unspecified atom stereocenters. The topological polar surface area (TPSA) is 102 Å². The van der Waals surface area contributed by atoms with Gasteiger partial charge in [0.25, 0.3) is 0 Å². The molecule has 4 N–H and O–H groups in total. The summed E-state index contributed by atoms with van der Waals surface area (Å²) in [5.74, 6) is 0.0756. The van der Waals surface area contributed by atoms with Crippen LogP contribution >= 0.6 is 0 Å². The van der Waals surface area contributed by atoms with E-state index >= 15 is 0 Å². The maximum atomic E-state index is 13.2. The lowest BCUT2D eigenvalue weighted by molar-refractivity contribution is -0.131. The zero-order chi connectivity index (χ0) is 25.5. The number of nitrogens with one attached hydrogen (secondary N) is 2. The normalized spacial score (nSPS) is 15.2. The van der Waals surface area contributed by atoms with Crippen LogP contribution in [-0.2, 0) is 17.6 Å². The highest BCUT2D eigenvalue weighted by Gasteiger charge is 2.29. The van der Waals surface area contributed by atoms with Crippen molar-refractivity contribution < 1.29 is 19.8 Å². The Labute approximate surface area is 211 Å². The van der Waals surface area contributed by atoms with Crippen molar-refractivity contribution in [2.45, 2.75) is 51.4 Å². The third-order valence-electron chi connectivity index (χ3n) is 6.56. The smallest absolute Gasteiger partial charge is 0.323 e. The van der Waals surface area contributed by atoms with Crippen molar-refractivity contribution in [2.24, 2.45) is 0 Å². The van der Waals surface area contributed by atoms with Crippen molar-refractivity contribution in [3.63, 3.8) is 0 Å². The average Bonchev–Trinajstić information content (AvgIpc) is 3.36. The van der Waals surface area contributed by atoms with Gasteiger partial charge in [-0.2, -0.15) is 0 Å². The van der Waals surface area contributed by atoms with Gasteiger partial charge in [-0.1, -0.05) is 54.6 Å². The molecule has 7 nitrogen and oxygen atoms in total. The predicted octanol–water partition coefficient (Wildman–Crippen LogP) is 4.79. The number of hydrogen-bond acceptors (Lipinski definition) is 4. The number of hydrogen-bond donors (Lipinski definition) is 4. The van der Waals surface area contributed by atoms with E-state index in [9.17, 15) is 9.59 Å². The molecule has 3 amide bonds. The van der Waals surface area contributed by atoms with Crippen LogP contribution in [0.5, 0.6) is 0 Å². The third kappa shape index (κ3) is 6.71. The second-order valence-corrected chi connectivity index (χ2v) is 9.28. The highest BCUT2D eigenvalue weighted by molar-refractivity contribution is 6.00. The summed E-state index contributed by atoms with van der Waals surface area (Å²) in [6.45, 7) is 2.66. The van der Waals surface area contributed by atoms with Crippen molar-refractivity contribution in [3.05, 3.63) is 95.1 Å². The number of nitrogens with zero attached hydrogens (tertiary/aromatic N) is 1. The van der Waals surface area contributed by atoms with Crippen LogP contribution in [0.3, 0.4) is 0 Å². The lowest BCUT2D eigenvalue weighted by atomic mass is 9.99. The molecule has 1 heterocycles. The van der Waals surface area contributed by atoms with E-state index in [0.29, 0.717) is 18.5 Å². The molecule has 1 aliphatic rings. The van der Waals surface area contributed by atoms with Crippen molar-refractivity contribution in [2.75, 3.05) is 17.2 Å². The molecule has 1 aliphatic heterocycles. The number of aliphatic hydroxyl groups excluding tert-OH is 1. The zero-order valence-electron chi connectivity index (χ0n) is 20.5. The molecule has 0 aromatic heterocycles. The fourth-order valence-corrected chi connectivity index (χ4v) is 4.64. The maximum Gasteiger partial charge on any atom is 0.323 e. The number of urea groups is 1. The first-order valence-corrected chi connectivity index (χ1v) is 12.4. The molecule has 0 bridgehead atoms. The summed E-state index contributed by atoms with van der Waals surface area (Å²) in [5, 5.41) is 24.0. The zero-order valence-corrected chi connectivity index (χ0v) is 20.5. The van der Waals surface area contributed by atoms with Crippen LogP contribution in [0.15, 0.2) is 72.8 Å². The van der Waals surface area contributed by atoms with Gasteiger partial charge in [0.2, 0.25) is 5.91 Å². The fourth-order valence-electron chi connectivity index (χ4n) is 4.64. The Morgan fingerprint density at radius 1 is 0.972 bits per heavy atom. The van der Waals surface area contributed by atoms with E-state index in [2.05, 4.69) is 16.7 Å². The Balaban J connectivity index is 1.34. The number of anilines is 2. The molecular formula is C29H33N3O4. The van der Waals surface area contributed by atoms with Crippen LogP contribution in [0, 0.1) is 6.92 Å². The molecule has 0 radical (unpaired) electrons. The van der Waals surface area contributed by atoms with Crippen molar-refractivity contribution in [1.82, 2.24) is 4.90 Å². The Morgan fingerprint density at radius 2 is 1.75 bits per heavy atom. The van der Waals surface area contributed by atoms with E-state index in [4.69, 9.17) is 10.2 Å². The molecule has 0 saturated carbocycles. The van der Waals surface area contributed by atoms with Crippen LogP contribution in [0.4, 0.5) is 16.2 Å². The molecule has 1 fully saturated rings. The first-order chi connectivity index (χ1) is 17.4. The lowest BCUT2D eigenvalue weighted by Crippen LogP contribution is -2.31.